The number of hydrogen-bond acceptors (Lipinski definition) is 3. The van der Waals surface area contributed by atoms with E-state index in [4.69, 9.17) is 0 Å². The Labute approximate surface area is 137 Å². The summed E-state index contributed by atoms with van der Waals surface area (Å²) in [4.78, 5) is 18.1. The van der Waals surface area contributed by atoms with Gasteiger partial charge in [0.1, 0.15) is 10.7 Å². The number of thiazole rings is 1. The fourth-order valence-electron chi connectivity index (χ4n) is 2.07. The van der Waals surface area contributed by atoms with Crippen molar-refractivity contribution in [2.24, 2.45) is 0 Å². The summed E-state index contributed by atoms with van der Waals surface area (Å²) in [7, 11) is 0. The standard InChI is InChI=1S/C15H20BrN3OS/c1-5-12-7-17-15(21-12)10(4)18-14(20)13-6-11(16)8-19(13)9(2)3/h6-10H,5H2,1-4H3,(H,18,20). The van der Waals surface area contributed by atoms with Gasteiger partial charge in [0.15, 0.2) is 0 Å². The molecule has 0 aliphatic heterocycles. The van der Waals surface area contributed by atoms with E-state index < -0.39 is 0 Å². The predicted molar refractivity (Wildman–Crippen MR) is 89.9 cm³/mol. The summed E-state index contributed by atoms with van der Waals surface area (Å²) in [6.45, 7) is 8.18. The molecule has 0 saturated heterocycles. The van der Waals surface area contributed by atoms with E-state index >= 15 is 0 Å². The Kier molecular flexibility index (Phi) is 5.22. The molecule has 0 bridgehead atoms. The van der Waals surface area contributed by atoms with Crippen LogP contribution in [0.2, 0.25) is 0 Å². The van der Waals surface area contributed by atoms with E-state index in [0.717, 1.165) is 15.9 Å². The summed E-state index contributed by atoms with van der Waals surface area (Å²) in [6, 6.07) is 2.00. The molecule has 21 heavy (non-hydrogen) atoms. The number of nitrogens with zero attached hydrogens (tertiary/aromatic N) is 2. The maximum absolute atomic E-state index is 12.5. The number of aryl methyl sites for hydroxylation is 1. The number of carbonyl (C=O) groups is 1. The normalized spacial score (nSPS) is 12.7. The van der Waals surface area contributed by atoms with Crippen LogP contribution in [0.25, 0.3) is 0 Å². The quantitative estimate of drug-likeness (QED) is 0.851. The lowest BCUT2D eigenvalue weighted by Crippen LogP contribution is -2.28. The summed E-state index contributed by atoms with van der Waals surface area (Å²) >= 11 is 5.08. The number of nitrogens with one attached hydrogen (secondary N) is 1. The van der Waals surface area contributed by atoms with Gasteiger partial charge in [-0.15, -0.1) is 11.3 Å². The van der Waals surface area contributed by atoms with Crippen LogP contribution >= 0.6 is 27.3 Å². The molecule has 0 radical (unpaired) electrons. The Bertz CT molecular complexity index is 633. The highest BCUT2D eigenvalue weighted by Gasteiger charge is 2.19. The fraction of sp³-hybridized carbons (Fsp3) is 0.467. The summed E-state index contributed by atoms with van der Waals surface area (Å²) in [5, 5.41) is 3.97. The van der Waals surface area contributed by atoms with E-state index in [1.165, 1.54) is 4.88 Å². The topological polar surface area (TPSA) is 46.9 Å². The number of rotatable bonds is 5. The molecule has 1 atom stereocenters. The van der Waals surface area contributed by atoms with Crippen molar-refractivity contribution in [2.75, 3.05) is 0 Å². The van der Waals surface area contributed by atoms with Gasteiger partial charge in [-0.2, -0.15) is 0 Å². The third-order valence-electron chi connectivity index (χ3n) is 3.24. The van der Waals surface area contributed by atoms with Crippen molar-refractivity contribution in [3.05, 3.63) is 38.5 Å². The van der Waals surface area contributed by atoms with Crippen LogP contribution < -0.4 is 5.32 Å². The van der Waals surface area contributed by atoms with Gasteiger partial charge in [-0.25, -0.2) is 4.98 Å². The minimum atomic E-state index is -0.0860. The second-order valence-corrected chi connectivity index (χ2v) is 7.32. The van der Waals surface area contributed by atoms with Crippen LogP contribution in [0.15, 0.2) is 22.9 Å². The Morgan fingerprint density at radius 2 is 2.19 bits per heavy atom. The number of halogens is 1. The molecule has 2 heterocycles. The Morgan fingerprint density at radius 3 is 2.76 bits per heavy atom. The monoisotopic (exact) mass is 369 g/mol. The third kappa shape index (κ3) is 3.74. The molecule has 1 amide bonds. The van der Waals surface area contributed by atoms with E-state index in [-0.39, 0.29) is 18.0 Å². The summed E-state index contributed by atoms with van der Waals surface area (Å²) in [5.41, 5.74) is 0.663. The van der Waals surface area contributed by atoms with Crippen molar-refractivity contribution in [1.82, 2.24) is 14.9 Å². The lowest BCUT2D eigenvalue weighted by molar-refractivity contribution is 0.0929. The van der Waals surface area contributed by atoms with Gasteiger partial charge in [-0.05, 0) is 49.2 Å². The highest BCUT2D eigenvalue weighted by molar-refractivity contribution is 9.10. The number of amides is 1. The van der Waals surface area contributed by atoms with Crippen LogP contribution in [0.5, 0.6) is 0 Å². The Balaban J connectivity index is 2.14. The minimum absolute atomic E-state index is 0.0739. The van der Waals surface area contributed by atoms with Gasteiger partial charge < -0.3 is 9.88 Å². The van der Waals surface area contributed by atoms with Crippen molar-refractivity contribution in [1.29, 1.82) is 0 Å². The molecule has 0 saturated carbocycles. The highest BCUT2D eigenvalue weighted by atomic mass is 79.9. The lowest BCUT2D eigenvalue weighted by atomic mass is 10.3. The molecule has 0 aromatic carbocycles. The van der Waals surface area contributed by atoms with Crippen molar-refractivity contribution >= 4 is 33.2 Å². The predicted octanol–water partition coefficient (Wildman–Crippen LogP) is 4.34. The summed E-state index contributed by atoms with van der Waals surface area (Å²) in [5.74, 6) is -0.0739. The number of hydrogen-bond donors (Lipinski definition) is 1. The zero-order valence-corrected chi connectivity index (χ0v) is 15.1. The van der Waals surface area contributed by atoms with Crippen molar-refractivity contribution in [2.45, 2.75) is 46.2 Å². The molecule has 6 heteroatoms. The summed E-state index contributed by atoms with van der Waals surface area (Å²) in [6.07, 6.45) is 4.79. The van der Waals surface area contributed by atoms with E-state index in [9.17, 15) is 4.79 Å². The molecule has 0 spiro atoms. The number of aromatic nitrogens is 2. The van der Waals surface area contributed by atoms with Gasteiger partial charge in [0.05, 0.1) is 6.04 Å². The van der Waals surface area contributed by atoms with Gasteiger partial charge in [0, 0.05) is 27.8 Å². The van der Waals surface area contributed by atoms with Gasteiger partial charge in [0.2, 0.25) is 0 Å². The first kappa shape index (κ1) is 16.2. The molecule has 1 unspecified atom stereocenters. The van der Waals surface area contributed by atoms with Gasteiger partial charge >= 0.3 is 0 Å². The van der Waals surface area contributed by atoms with Crippen molar-refractivity contribution < 1.29 is 4.79 Å². The zero-order valence-electron chi connectivity index (χ0n) is 12.7. The van der Waals surface area contributed by atoms with Crippen LogP contribution in [0.3, 0.4) is 0 Å². The molecule has 2 aromatic heterocycles. The third-order valence-corrected chi connectivity index (χ3v) is 5.00. The molecule has 4 nitrogen and oxygen atoms in total. The molecule has 1 N–H and O–H groups in total. The molecular weight excluding hydrogens is 350 g/mol. The maximum atomic E-state index is 12.5. The van der Waals surface area contributed by atoms with Crippen molar-refractivity contribution in [3.63, 3.8) is 0 Å². The van der Waals surface area contributed by atoms with Crippen molar-refractivity contribution in [3.8, 4) is 0 Å². The van der Waals surface area contributed by atoms with Crippen LogP contribution in [0, 0.1) is 0 Å². The van der Waals surface area contributed by atoms with E-state index in [1.54, 1.807) is 11.3 Å². The molecule has 114 valence electrons. The second kappa shape index (κ2) is 6.75. The molecule has 0 aliphatic rings. The minimum Gasteiger partial charge on any atom is -0.342 e. The van der Waals surface area contributed by atoms with E-state index in [2.05, 4.69) is 47.0 Å². The zero-order chi connectivity index (χ0) is 15.6. The first-order chi connectivity index (χ1) is 9.92. The van der Waals surface area contributed by atoms with Gasteiger partial charge in [0.25, 0.3) is 5.91 Å². The van der Waals surface area contributed by atoms with Gasteiger partial charge in [-0.1, -0.05) is 6.92 Å². The molecule has 2 rings (SSSR count). The van der Waals surface area contributed by atoms with Crippen LogP contribution in [0.1, 0.15) is 60.2 Å². The average Bonchev–Trinajstić information content (AvgIpc) is 3.04. The van der Waals surface area contributed by atoms with Crippen LogP contribution in [0.4, 0.5) is 0 Å². The SMILES string of the molecule is CCc1cnc(C(C)NC(=O)c2cc(Br)cn2C(C)C)s1. The fourth-order valence-corrected chi connectivity index (χ4v) is 3.37. The first-order valence-corrected chi connectivity index (χ1v) is 8.66. The van der Waals surface area contributed by atoms with Crippen LogP contribution in [-0.4, -0.2) is 15.5 Å². The van der Waals surface area contributed by atoms with Crippen LogP contribution in [-0.2, 0) is 6.42 Å². The largest absolute Gasteiger partial charge is 0.342 e. The molecular formula is C15H20BrN3OS. The first-order valence-electron chi connectivity index (χ1n) is 7.05. The molecule has 0 aliphatic carbocycles. The lowest BCUT2D eigenvalue weighted by Gasteiger charge is -2.15. The molecule has 2 aromatic rings. The average molecular weight is 370 g/mol. The maximum Gasteiger partial charge on any atom is 0.268 e. The second-order valence-electron chi connectivity index (χ2n) is 5.26. The molecule has 0 fully saturated rings. The smallest absolute Gasteiger partial charge is 0.268 e. The highest BCUT2D eigenvalue weighted by Crippen LogP contribution is 2.23. The Morgan fingerprint density at radius 1 is 1.48 bits per heavy atom. The number of carbonyl (C=O) groups excluding carboxylic acids is 1. The summed E-state index contributed by atoms with van der Waals surface area (Å²) < 4.78 is 2.88. The van der Waals surface area contributed by atoms with E-state index in [1.807, 2.05) is 30.0 Å². The Hall–Kier alpha value is -1.14. The van der Waals surface area contributed by atoms with Gasteiger partial charge in [-0.3, -0.25) is 4.79 Å². The van der Waals surface area contributed by atoms with E-state index in [0.29, 0.717) is 5.69 Å².